The Hall–Kier alpha value is -2.50. The lowest BCUT2D eigenvalue weighted by atomic mass is 9.88. The summed E-state index contributed by atoms with van der Waals surface area (Å²) in [6, 6.07) is 5.19. The Bertz CT molecular complexity index is 714. The van der Waals surface area contributed by atoms with Gasteiger partial charge in [-0.05, 0) is 19.1 Å². The molecule has 1 N–H and O–H groups in total. The fourth-order valence-corrected chi connectivity index (χ4v) is 2.26. The van der Waals surface area contributed by atoms with Crippen LogP contribution in [0.25, 0.3) is 0 Å². The van der Waals surface area contributed by atoms with Gasteiger partial charge in [0.1, 0.15) is 17.0 Å². The van der Waals surface area contributed by atoms with Crippen LogP contribution < -0.4 is 14.8 Å². The quantitative estimate of drug-likeness (QED) is 0.933. The maximum absolute atomic E-state index is 12.6. The van der Waals surface area contributed by atoms with Crippen LogP contribution in [-0.2, 0) is 5.41 Å². The lowest BCUT2D eigenvalue weighted by Crippen LogP contribution is -2.21. The maximum atomic E-state index is 12.6. The van der Waals surface area contributed by atoms with Gasteiger partial charge in [-0.1, -0.05) is 25.9 Å². The molecule has 124 valence electrons. The van der Waals surface area contributed by atoms with E-state index in [0.717, 1.165) is 0 Å². The second-order valence-corrected chi connectivity index (χ2v) is 6.24. The van der Waals surface area contributed by atoms with Crippen LogP contribution >= 0.6 is 0 Å². The molecule has 0 aliphatic rings. The van der Waals surface area contributed by atoms with Gasteiger partial charge >= 0.3 is 0 Å². The third-order valence-corrected chi connectivity index (χ3v) is 3.44. The van der Waals surface area contributed by atoms with Crippen LogP contribution in [0.4, 0.5) is 5.69 Å². The predicted molar refractivity (Wildman–Crippen MR) is 87.4 cm³/mol. The van der Waals surface area contributed by atoms with Gasteiger partial charge < -0.3 is 19.3 Å². The van der Waals surface area contributed by atoms with Gasteiger partial charge in [-0.15, -0.1) is 0 Å². The molecule has 1 amide bonds. The number of hydrogen-bond acceptors (Lipinski definition) is 5. The molecule has 0 aliphatic heterocycles. The number of nitrogens with zero attached hydrogens (tertiary/aromatic N) is 1. The summed E-state index contributed by atoms with van der Waals surface area (Å²) in [4.78, 5) is 12.6. The summed E-state index contributed by atoms with van der Waals surface area (Å²) in [5, 5.41) is 6.88. The standard InChI is InChI=1S/C17H22N2O4/c1-10-14(15(19-23-10)17(2,3)4)16(20)18-11-7-8-12(21-5)13(9-11)22-6/h7-9H,1-6H3,(H,18,20). The summed E-state index contributed by atoms with van der Waals surface area (Å²) >= 11 is 0. The highest BCUT2D eigenvalue weighted by Gasteiger charge is 2.28. The van der Waals surface area contributed by atoms with Crippen LogP contribution in [0.15, 0.2) is 22.7 Å². The lowest BCUT2D eigenvalue weighted by molar-refractivity contribution is 0.102. The predicted octanol–water partition coefficient (Wildman–Crippen LogP) is 3.55. The molecule has 0 fully saturated rings. The van der Waals surface area contributed by atoms with E-state index >= 15 is 0 Å². The van der Waals surface area contributed by atoms with Crippen LogP contribution in [0.1, 0.15) is 42.6 Å². The van der Waals surface area contributed by atoms with E-state index in [1.165, 1.54) is 0 Å². The molecule has 23 heavy (non-hydrogen) atoms. The van der Waals surface area contributed by atoms with Crippen LogP contribution in [-0.4, -0.2) is 25.3 Å². The van der Waals surface area contributed by atoms with Gasteiger partial charge in [0.25, 0.3) is 5.91 Å². The van der Waals surface area contributed by atoms with E-state index in [2.05, 4.69) is 10.5 Å². The number of carbonyl (C=O) groups excluding carboxylic acids is 1. The number of anilines is 1. The molecule has 1 aromatic heterocycles. The van der Waals surface area contributed by atoms with E-state index in [1.807, 2.05) is 20.8 Å². The van der Waals surface area contributed by atoms with Crippen molar-refractivity contribution in [2.24, 2.45) is 0 Å². The smallest absolute Gasteiger partial charge is 0.261 e. The highest BCUT2D eigenvalue weighted by atomic mass is 16.5. The third kappa shape index (κ3) is 3.47. The molecular weight excluding hydrogens is 296 g/mol. The maximum Gasteiger partial charge on any atom is 0.261 e. The number of ether oxygens (including phenoxy) is 2. The Kier molecular flexibility index (Phi) is 4.63. The molecule has 0 radical (unpaired) electrons. The molecule has 6 heteroatoms. The average molecular weight is 318 g/mol. The number of nitrogens with one attached hydrogen (secondary N) is 1. The topological polar surface area (TPSA) is 73.6 Å². The van der Waals surface area contributed by atoms with Gasteiger partial charge in [0.2, 0.25) is 0 Å². The van der Waals surface area contributed by atoms with Crippen molar-refractivity contribution in [3.05, 3.63) is 35.2 Å². The number of rotatable bonds is 4. The number of methoxy groups -OCH3 is 2. The van der Waals surface area contributed by atoms with Gasteiger partial charge in [0.05, 0.1) is 14.2 Å². The van der Waals surface area contributed by atoms with Crippen LogP contribution in [0, 0.1) is 6.92 Å². The lowest BCUT2D eigenvalue weighted by Gasteiger charge is -2.16. The molecule has 0 saturated heterocycles. The van der Waals surface area contributed by atoms with Crippen molar-refractivity contribution in [1.29, 1.82) is 0 Å². The number of aryl methyl sites for hydroxylation is 1. The summed E-state index contributed by atoms with van der Waals surface area (Å²) in [5.41, 5.74) is 1.41. The van der Waals surface area contributed by atoms with Gasteiger partial charge in [-0.3, -0.25) is 4.79 Å². The normalized spacial score (nSPS) is 11.2. The fourth-order valence-electron chi connectivity index (χ4n) is 2.26. The highest BCUT2D eigenvalue weighted by Crippen LogP contribution is 2.31. The minimum Gasteiger partial charge on any atom is -0.493 e. The minimum atomic E-state index is -0.290. The molecule has 0 spiro atoms. The van der Waals surface area contributed by atoms with E-state index in [4.69, 9.17) is 14.0 Å². The monoisotopic (exact) mass is 318 g/mol. The number of amides is 1. The van der Waals surface area contributed by atoms with Crippen LogP contribution in [0.2, 0.25) is 0 Å². The summed E-state index contributed by atoms with van der Waals surface area (Å²) in [6.07, 6.45) is 0. The molecule has 0 bridgehead atoms. The first-order valence-corrected chi connectivity index (χ1v) is 7.28. The average Bonchev–Trinajstić information content (AvgIpc) is 2.89. The molecule has 0 aliphatic carbocycles. The van der Waals surface area contributed by atoms with Crippen molar-refractivity contribution >= 4 is 11.6 Å². The van der Waals surface area contributed by atoms with E-state index in [0.29, 0.717) is 34.2 Å². The summed E-state index contributed by atoms with van der Waals surface area (Å²) in [6.45, 7) is 7.68. The van der Waals surface area contributed by atoms with Gasteiger partial charge in [-0.2, -0.15) is 0 Å². The molecule has 6 nitrogen and oxygen atoms in total. The Morgan fingerprint density at radius 3 is 2.39 bits per heavy atom. The van der Waals surface area contributed by atoms with Crippen molar-refractivity contribution in [3.8, 4) is 11.5 Å². The third-order valence-electron chi connectivity index (χ3n) is 3.44. The van der Waals surface area contributed by atoms with Gasteiger partial charge in [-0.25, -0.2) is 0 Å². The number of aromatic nitrogens is 1. The zero-order valence-electron chi connectivity index (χ0n) is 14.3. The van der Waals surface area contributed by atoms with Crippen molar-refractivity contribution in [2.75, 3.05) is 19.5 Å². The van der Waals surface area contributed by atoms with Crippen molar-refractivity contribution in [2.45, 2.75) is 33.1 Å². The molecule has 0 unspecified atom stereocenters. The first-order valence-electron chi connectivity index (χ1n) is 7.28. The van der Waals surface area contributed by atoms with E-state index in [-0.39, 0.29) is 11.3 Å². The number of carbonyl (C=O) groups is 1. The Morgan fingerprint density at radius 1 is 1.17 bits per heavy atom. The molecule has 2 aromatic rings. The second kappa shape index (κ2) is 6.32. The van der Waals surface area contributed by atoms with E-state index in [1.54, 1.807) is 39.3 Å². The first-order chi connectivity index (χ1) is 10.8. The first kappa shape index (κ1) is 16.9. The Balaban J connectivity index is 2.32. The van der Waals surface area contributed by atoms with Crippen LogP contribution in [0.5, 0.6) is 11.5 Å². The molecule has 2 rings (SSSR count). The van der Waals surface area contributed by atoms with Gasteiger partial charge in [0, 0.05) is 17.2 Å². The highest BCUT2D eigenvalue weighted by molar-refractivity contribution is 6.06. The zero-order valence-corrected chi connectivity index (χ0v) is 14.3. The number of benzene rings is 1. The van der Waals surface area contributed by atoms with Crippen molar-refractivity contribution in [3.63, 3.8) is 0 Å². The SMILES string of the molecule is COc1ccc(NC(=O)c2c(C(C)(C)C)noc2C)cc1OC. The van der Waals surface area contributed by atoms with E-state index < -0.39 is 0 Å². The van der Waals surface area contributed by atoms with Crippen molar-refractivity contribution < 1.29 is 18.8 Å². The second-order valence-electron chi connectivity index (χ2n) is 6.24. The minimum absolute atomic E-state index is 0.263. The summed E-state index contributed by atoms with van der Waals surface area (Å²) < 4.78 is 15.6. The Morgan fingerprint density at radius 2 is 1.83 bits per heavy atom. The molecule has 0 atom stereocenters. The largest absolute Gasteiger partial charge is 0.493 e. The molecule has 1 heterocycles. The molecule has 1 aromatic carbocycles. The van der Waals surface area contributed by atoms with Crippen molar-refractivity contribution in [1.82, 2.24) is 5.16 Å². The Labute approximate surface area is 135 Å². The summed E-state index contributed by atoms with van der Waals surface area (Å²) in [7, 11) is 3.11. The van der Waals surface area contributed by atoms with Gasteiger partial charge in [0.15, 0.2) is 11.5 Å². The van der Waals surface area contributed by atoms with E-state index in [9.17, 15) is 4.79 Å². The molecular formula is C17H22N2O4. The van der Waals surface area contributed by atoms with Crippen LogP contribution in [0.3, 0.4) is 0 Å². The number of hydrogen-bond donors (Lipinski definition) is 1. The fraction of sp³-hybridized carbons (Fsp3) is 0.412. The summed E-state index contributed by atoms with van der Waals surface area (Å²) in [5.74, 6) is 1.37. The zero-order chi connectivity index (χ0) is 17.2. The molecule has 0 saturated carbocycles.